The van der Waals surface area contributed by atoms with Crippen molar-refractivity contribution < 1.29 is 0 Å². The first-order valence-corrected chi connectivity index (χ1v) is 11.8. The molecule has 1 unspecified atom stereocenters. The fraction of sp³-hybridized carbons (Fsp3) is 0.259. The van der Waals surface area contributed by atoms with Crippen LogP contribution in [0, 0.1) is 0 Å². The summed E-state index contributed by atoms with van der Waals surface area (Å²) >= 11 is 6.60. The summed E-state index contributed by atoms with van der Waals surface area (Å²) in [5.74, 6) is 1.05. The Morgan fingerprint density at radius 3 is 2.55 bits per heavy atom. The largest absolute Gasteiger partial charge is 0.378 e. The number of nitrogens with one attached hydrogen (secondary N) is 1. The van der Waals surface area contributed by atoms with Crippen molar-refractivity contribution in [3.05, 3.63) is 83.6 Å². The first-order chi connectivity index (χ1) is 16.1. The fourth-order valence-electron chi connectivity index (χ4n) is 4.34. The fourth-order valence-corrected chi connectivity index (χ4v) is 4.55. The molecule has 2 aromatic heterocycles. The van der Waals surface area contributed by atoms with Crippen LogP contribution in [-0.2, 0) is 0 Å². The Kier molecular flexibility index (Phi) is 6.16. The van der Waals surface area contributed by atoms with Crippen LogP contribution in [0.5, 0.6) is 0 Å². The number of aromatic nitrogens is 2. The first-order valence-electron chi connectivity index (χ1n) is 11.4. The van der Waals surface area contributed by atoms with Crippen LogP contribution in [0.2, 0.25) is 5.02 Å². The molecule has 168 valence electrons. The summed E-state index contributed by atoms with van der Waals surface area (Å²) in [7, 11) is 2.17. The summed E-state index contributed by atoms with van der Waals surface area (Å²) in [5.41, 5.74) is 3.97. The average Bonchev–Trinajstić information content (AvgIpc) is 2.85. The number of pyridine rings is 2. The topological polar surface area (TPSA) is 44.3 Å². The molecule has 4 aromatic rings. The molecule has 1 saturated heterocycles. The molecule has 33 heavy (non-hydrogen) atoms. The van der Waals surface area contributed by atoms with E-state index in [1.165, 1.54) is 0 Å². The maximum absolute atomic E-state index is 6.60. The standard InChI is InChI=1S/C27H28ClN5/c1-19(21-7-10-26(30-18-21)33-15-13-32(2)14-16-33)31-22-8-9-25(28)24(17-22)27-23-6-4-3-5-20(23)11-12-29-27/h3-12,17-19,31H,13-16H2,1-2H3. The molecule has 3 heterocycles. The van der Waals surface area contributed by atoms with Gasteiger partial charge in [-0.3, -0.25) is 4.98 Å². The Bertz CT molecular complexity index is 1240. The predicted molar refractivity (Wildman–Crippen MR) is 138 cm³/mol. The van der Waals surface area contributed by atoms with Crippen molar-refractivity contribution in [2.24, 2.45) is 0 Å². The minimum absolute atomic E-state index is 0.105. The minimum atomic E-state index is 0.105. The number of likely N-dealkylation sites (N-methyl/N-ethyl adjacent to an activating group) is 1. The summed E-state index contributed by atoms with van der Waals surface area (Å²) < 4.78 is 0. The van der Waals surface area contributed by atoms with Crippen LogP contribution in [0.1, 0.15) is 18.5 Å². The van der Waals surface area contributed by atoms with Crippen LogP contribution < -0.4 is 10.2 Å². The molecular weight excluding hydrogens is 430 g/mol. The van der Waals surface area contributed by atoms with E-state index in [1.807, 2.05) is 42.7 Å². The smallest absolute Gasteiger partial charge is 0.128 e. The highest BCUT2D eigenvalue weighted by molar-refractivity contribution is 6.33. The van der Waals surface area contributed by atoms with Gasteiger partial charge in [0, 0.05) is 55.2 Å². The number of nitrogens with zero attached hydrogens (tertiary/aromatic N) is 4. The summed E-state index contributed by atoms with van der Waals surface area (Å²) in [6.45, 7) is 6.34. The second-order valence-corrected chi connectivity index (χ2v) is 9.09. The third kappa shape index (κ3) is 4.65. The molecule has 1 N–H and O–H groups in total. The molecule has 0 aliphatic carbocycles. The van der Waals surface area contributed by atoms with Gasteiger partial charge in [0.1, 0.15) is 5.82 Å². The van der Waals surface area contributed by atoms with E-state index in [0.717, 1.165) is 65.3 Å². The van der Waals surface area contributed by atoms with Gasteiger partial charge in [-0.1, -0.05) is 41.9 Å². The lowest BCUT2D eigenvalue weighted by molar-refractivity contribution is 0.312. The van der Waals surface area contributed by atoms with Crippen LogP contribution >= 0.6 is 11.6 Å². The number of hydrogen-bond donors (Lipinski definition) is 1. The van der Waals surface area contributed by atoms with Gasteiger partial charge in [0.2, 0.25) is 0 Å². The quantitative estimate of drug-likeness (QED) is 0.405. The minimum Gasteiger partial charge on any atom is -0.378 e. The molecule has 0 amide bonds. The molecule has 2 aromatic carbocycles. The summed E-state index contributed by atoms with van der Waals surface area (Å²) in [6, 6.07) is 20.7. The van der Waals surface area contributed by atoms with E-state index in [9.17, 15) is 0 Å². The second-order valence-electron chi connectivity index (χ2n) is 8.68. The Morgan fingerprint density at radius 1 is 0.939 bits per heavy atom. The van der Waals surface area contributed by atoms with Crippen molar-refractivity contribution in [3.63, 3.8) is 0 Å². The second kappa shape index (κ2) is 9.38. The van der Waals surface area contributed by atoms with Crippen molar-refractivity contribution in [3.8, 4) is 11.3 Å². The number of benzene rings is 2. The number of fused-ring (bicyclic) bond motifs is 1. The van der Waals surface area contributed by atoms with Crippen molar-refractivity contribution in [2.75, 3.05) is 43.4 Å². The van der Waals surface area contributed by atoms with Crippen LogP contribution in [-0.4, -0.2) is 48.1 Å². The zero-order valence-corrected chi connectivity index (χ0v) is 19.8. The number of halogens is 1. The number of rotatable bonds is 5. The maximum Gasteiger partial charge on any atom is 0.128 e. The van der Waals surface area contributed by atoms with Gasteiger partial charge >= 0.3 is 0 Å². The van der Waals surface area contributed by atoms with Crippen molar-refractivity contribution in [2.45, 2.75) is 13.0 Å². The van der Waals surface area contributed by atoms with Gasteiger partial charge in [-0.05, 0) is 55.3 Å². The molecule has 0 radical (unpaired) electrons. The molecule has 1 fully saturated rings. The Hall–Kier alpha value is -3.15. The lowest BCUT2D eigenvalue weighted by Crippen LogP contribution is -2.44. The highest BCUT2D eigenvalue weighted by Gasteiger charge is 2.16. The molecule has 1 atom stereocenters. The van der Waals surface area contributed by atoms with Gasteiger partial charge in [0.15, 0.2) is 0 Å². The van der Waals surface area contributed by atoms with Gasteiger partial charge in [0.05, 0.1) is 16.8 Å². The van der Waals surface area contributed by atoms with E-state index in [-0.39, 0.29) is 6.04 Å². The Labute approximate surface area is 200 Å². The van der Waals surface area contributed by atoms with Gasteiger partial charge in [-0.15, -0.1) is 0 Å². The van der Waals surface area contributed by atoms with Crippen molar-refractivity contribution >= 4 is 33.9 Å². The van der Waals surface area contributed by atoms with E-state index in [0.29, 0.717) is 5.02 Å². The first kappa shape index (κ1) is 21.7. The highest BCUT2D eigenvalue weighted by Crippen LogP contribution is 2.34. The molecule has 6 heteroatoms. The molecule has 1 aliphatic heterocycles. The summed E-state index contributed by atoms with van der Waals surface area (Å²) in [5, 5.41) is 6.53. The Balaban J connectivity index is 1.35. The average molecular weight is 458 g/mol. The number of piperazine rings is 1. The monoisotopic (exact) mass is 457 g/mol. The molecule has 5 nitrogen and oxygen atoms in total. The van der Waals surface area contributed by atoms with E-state index in [2.05, 4.69) is 64.4 Å². The maximum atomic E-state index is 6.60. The van der Waals surface area contributed by atoms with E-state index in [1.54, 1.807) is 0 Å². The summed E-state index contributed by atoms with van der Waals surface area (Å²) in [6.07, 6.45) is 3.82. The summed E-state index contributed by atoms with van der Waals surface area (Å²) in [4.78, 5) is 14.1. The van der Waals surface area contributed by atoms with E-state index in [4.69, 9.17) is 16.6 Å². The van der Waals surface area contributed by atoms with E-state index < -0.39 is 0 Å². The molecule has 0 bridgehead atoms. The lowest BCUT2D eigenvalue weighted by Gasteiger charge is -2.33. The highest BCUT2D eigenvalue weighted by atomic mass is 35.5. The van der Waals surface area contributed by atoms with Gasteiger partial charge in [-0.2, -0.15) is 0 Å². The van der Waals surface area contributed by atoms with Crippen LogP contribution in [0.15, 0.2) is 73.1 Å². The van der Waals surface area contributed by atoms with Crippen molar-refractivity contribution in [1.29, 1.82) is 0 Å². The lowest BCUT2D eigenvalue weighted by atomic mass is 10.0. The predicted octanol–water partition coefficient (Wildman–Crippen LogP) is 5.88. The molecule has 1 aliphatic rings. The van der Waals surface area contributed by atoms with Gasteiger partial charge in [-0.25, -0.2) is 4.98 Å². The molecule has 5 rings (SSSR count). The normalized spacial score (nSPS) is 15.5. The third-order valence-corrected chi connectivity index (χ3v) is 6.71. The number of anilines is 2. The third-order valence-electron chi connectivity index (χ3n) is 6.38. The molecule has 0 spiro atoms. The van der Waals surface area contributed by atoms with E-state index >= 15 is 0 Å². The molecular formula is C27H28ClN5. The van der Waals surface area contributed by atoms with Gasteiger partial charge < -0.3 is 15.1 Å². The van der Waals surface area contributed by atoms with Crippen LogP contribution in [0.25, 0.3) is 22.0 Å². The van der Waals surface area contributed by atoms with Crippen LogP contribution in [0.3, 0.4) is 0 Å². The zero-order chi connectivity index (χ0) is 22.8. The molecule has 0 saturated carbocycles. The van der Waals surface area contributed by atoms with Crippen molar-refractivity contribution in [1.82, 2.24) is 14.9 Å². The van der Waals surface area contributed by atoms with Gasteiger partial charge in [0.25, 0.3) is 0 Å². The van der Waals surface area contributed by atoms with Crippen LogP contribution in [0.4, 0.5) is 11.5 Å². The SMILES string of the molecule is CC(Nc1ccc(Cl)c(-c2nccc3ccccc23)c1)c1ccc(N2CCN(C)CC2)nc1. The zero-order valence-electron chi connectivity index (χ0n) is 19.0. The number of hydrogen-bond acceptors (Lipinski definition) is 5. The Morgan fingerprint density at radius 2 is 1.76 bits per heavy atom.